The Balaban J connectivity index is 2.17. The summed E-state index contributed by atoms with van der Waals surface area (Å²) in [6.07, 6.45) is 1.09. The largest absolute Gasteiger partial charge is 0.486 e. The molecule has 17 heavy (non-hydrogen) atoms. The molecule has 4 heteroatoms. The Hall–Kier alpha value is -1.73. The SMILES string of the molecule is CNCCC1Oc2cc(C#N)ccc2NC1C. The summed E-state index contributed by atoms with van der Waals surface area (Å²) in [4.78, 5) is 0. The third-order valence-electron chi connectivity index (χ3n) is 3.01. The maximum Gasteiger partial charge on any atom is 0.144 e. The van der Waals surface area contributed by atoms with Crippen molar-refractivity contribution in [1.29, 1.82) is 5.26 Å². The van der Waals surface area contributed by atoms with E-state index in [1.807, 2.05) is 13.1 Å². The molecule has 2 rings (SSSR count). The summed E-state index contributed by atoms with van der Waals surface area (Å²) in [7, 11) is 1.93. The van der Waals surface area contributed by atoms with Crippen LogP contribution in [-0.4, -0.2) is 25.7 Å². The Morgan fingerprint density at radius 2 is 2.35 bits per heavy atom. The maximum absolute atomic E-state index is 8.86. The first kappa shape index (κ1) is 11.7. The van der Waals surface area contributed by atoms with Gasteiger partial charge in [-0.2, -0.15) is 5.26 Å². The van der Waals surface area contributed by atoms with E-state index in [9.17, 15) is 0 Å². The van der Waals surface area contributed by atoms with E-state index in [-0.39, 0.29) is 12.1 Å². The number of ether oxygens (including phenoxy) is 1. The number of hydrogen-bond donors (Lipinski definition) is 2. The first-order chi connectivity index (χ1) is 8.24. The molecule has 0 radical (unpaired) electrons. The number of fused-ring (bicyclic) bond motifs is 1. The van der Waals surface area contributed by atoms with Gasteiger partial charge in [0.15, 0.2) is 0 Å². The van der Waals surface area contributed by atoms with E-state index in [2.05, 4.69) is 23.6 Å². The predicted octanol–water partition coefficient (Wildman–Crippen LogP) is 1.73. The molecule has 1 aliphatic heterocycles. The van der Waals surface area contributed by atoms with Crippen molar-refractivity contribution < 1.29 is 4.74 Å². The lowest BCUT2D eigenvalue weighted by Crippen LogP contribution is -2.40. The Bertz CT molecular complexity index is 439. The van der Waals surface area contributed by atoms with Gasteiger partial charge in [-0.25, -0.2) is 0 Å². The standard InChI is InChI=1S/C13H17N3O/c1-9-12(5-6-15-2)17-13-7-10(8-14)3-4-11(13)16-9/h3-4,7,9,12,15-16H,5-6H2,1-2H3. The average Bonchev–Trinajstić information content (AvgIpc) is 2.35. The van der Waals surface area contributed by atoms with Crippen molar-refractivity contribution in [1.82, 2.24) is 5.32 Å². The minimum atomic E-state index is 0.142. The van der Waals surface area contributed by atoms with E-state index < -0.39 is 0 Å². The van der Waals surface area contributed by atoms with Crippen LogP contribution in [0.25, 0.3) is 0 Å². The van der Waals surface area contributed by atoms with Gasteiger partial charge in [0.1, 0.15) is 11.9 Å². The molecule has 0 fully saturated rings. The van der Waals surface area contributed by atoms with Gasteiger partial charge >= 0.3 is 0 Å². The highest BCUT2D eigenvalue weighted by molar-refractivity contribution is 5.61. The minimum absolute atomic E-state index is 0.142. The molecule has 1 aliphatic rings. The zero-order valence-electron chi connectivity index (χ0n) is 10.2. The van der Waals surface area contributed by atoms with Gasteiger partial charge in [0.25, 0.3) is 0 Å². The highest BCUT2D eigenvalue weighted by atomic mass is 16.5. The second-order valence-electron chi connectivity index (χ2n) is 4.30. The summed E-state index contributed by atoms with van der Waals surface area (Å²) in [6, 6.07) is 7.90. The fourth-order valence-electron chi connectivity index (χ4n) is 2.01. The lowest BCUT2D eigenvalue weighted by Gasteiger charge is -2.33. The van der Waals surface area contributed by atoms with Gasteiger partial charge in [-0.15, -0.1) is 0 Å². The molecule has 0 amide bonds. The third-order valence-corrected chi connectivity index (χ3v) is 3.01. The molecule has 4 nitrogen and oxygen atoms in total. The number of nitrogens with zero attached hydrogens (tertiary/aromatic N) is 1. The minimum Gasteiger partial charge on any atom is -0.486 e. The molecule has 0 saturated carbocycles. The first-order valence-corrected chi connectivity index (χ1v) is 5.86. The predicted molar refractivity (Wildman–Crippen MR) is 67.2 cm³/mol. The average molecular weight is 231 g/mol. The molecule has 1 aromatic rings. The number of benzene rings is 1. The van der Waals surface area contributed by atoms with Gasteiger partial charge < -0.3 is 15.4 Å². The number of rotatable bonds is 3. The molecule has 0 bridgehead atoms. The van der Waals surface area contributed by atoms with Gasteiger partial charge in [-0.3, -0.25) is 0 Å². The van der Waals surface area contributed by atoms with E-state index in [1.165, 1.54) is 0 Å². The monoisotopic (exact) mass is 231 g/mol. The second kappa shape index (κ2) is 5.07. The van der Waals surface area contributed by atoms with Crippen LogP contribution in [0.2, 0.25) is 0 Å². The summed E-state index contributed by atoms with van der Waals surface area (Å²) in [5.74, 6) is 0.781. The quantitative estimate of drug-likeness (QED) is 0.831. The zero-order valence-corrected chi connectivity index (χ0v) is 10.2. The molecular formula is C13H17N3O. The lowest BCUT2D eigenvalue weighted by molar-refractivity contribution is 0.165. The molecule has 0 saturated heterocycles. The van der Waals surface area contributed by atoms with E-state index in [0.717, 1.165) is 24.4 Å². The fourth-order valence-corrected chi connectivity index (χ4v) is 2.01. The number of nitriles is 1. The summed E-state index contributed by atoms with van der Waals surface area (Å²) in [6.45, 7) is 3.03. The second-order valence-corrected chi connectivity index (χ2v) is 4.30. The summed E-state index contributed by atoms with van der Waals surface area (Å²) in [5.41, 5.74) is 1.60. The van der Waals surface area contributed by atoms with Crippen molar-refractivity contribution in [2.24, 2.45) is 0 Å². The number of hydrogen-bond acceptors (Lipinski definition) is 4. The molecule has 0 spiro atoms. The zero-order chi connectivity index (χ0) is 12.3. The van der Waals surface area contributed by atoms with Crippen LogP contribution < -0.4 is 15.4 Å². The number of nitrogens with one attached hydrogen (secondary N) is 2. The van der Waals surface area contributed by atoms with E-state index in [1.54, 1.807) is 12.1 Å². The highest BCUT2D eigenvalue weighted by Crippen LogP contribution is 2.32. The van der Waals surface area contributed by atoms with Crippen molar-refractivity contribution in [3.63, 3.8) is 0 Å². The van der Waals surface area contributed by atoms with Gasteiger partial charge in [0, 0.05) is 6.07 Å². The van der Waals surface area contributed by atoms with Crippen LogP contribution >= 0.6 is 0 Å². The summed E-state index contributed by atoms with van der Waals surface area (Å²) in [5, 5.41) is 15.4. The van der Waals surface area contributed by atoms with E-state index in [0.29, 0.717) is 5.56 Å². The van der Waals surface area contributed by atoms with Gasteiger partial charge in [0.05, 0.1) is 23.4 Å². The Morgan fingerprint density at radius 3 is 3.06 bits per heavy atom. The molecule has 2 unspecified atom stereocenters. The van der Waals surface area contributed by atoms with Crippen molar-refractivity contribution in [3.8, 4) is 11.8 Å². The van der Waals surface area contributed by atoms with Crippen LogP contribution in [0.4, 0.5) is 5.69 Å². The molecule has 2 N–H and O–H groups in total. The van der Waals surface area contributed by atoms with Gasteiger partial charge in [0.2, 0.25) is 0 Å². The van der Waals surface area contributed by atoms with Crippen LogP contribution in [-0.2, 0) is 0 Å². The summed E-state index contributed by atoms with van der Waals surface area (Å²) >= 11 is 0. The molecule has 0 aliphatic carbocycles. The fraction of sp³-hybridized carbons (Fsp3) is 0.462. The van der Waals surface area contributed by atoms with E-state index >= 15 is 0 Å². The third kappa shape index (κ3) is 2.51. The van der Waals surface area contributed by atoms with Crippen molar-refractivity contribution >= 4 is 5.69 Å². The van der Waals surface area contributed by atoms with Crippen molar-refractivity contribution in [3.05, 3.63) is 23.8 Å². The number of anilines is 1. The first-order valence-electron chi connectivity index (χ1n) is 5.86. The molecule has 1 heterocycles. The molecule has 0 aromatic heterocycles. The van der Waals surface area contributed by atoms with E-state index in [4.69, 9.17) is 10.00 Å². The van der Waals surface area contributed by atoms with Crippen LogP contribution in [0.15, 0.2) is 18.2 Å². The molecule has 2 atom stereocenters. The van der Waals surface area contributed by atoms with Crippen molar-refractivity contribution in [2.75, 3.05) is 18.9 Å². The topological polar surface area (TPSA) is 57.1 Å². The molecule has 90 valence electrons. The van der Waals surface area contributed by atoms with Crippen LogP contribution in [0.1, 0.15) is 18.9 Å². The Labute approximate surface area is 102 Å². The normalized spacial score (nSPS) is 21.9. The Kier molecular flexibility index (Phi) is 3.50. The van der Waals surface area contributed by atoms with Crippen LogP contribution in [0, 0.1) is 11.3 Å². The highest BCUT2D eigenvalue weighted by Gasteiger charge is 2.25. The van der Waals surface area contributed by atoms with Crippen LogP contribution in [0.5, 0.6) is 5.75 Å². The smallest absolute Gasteiger partial charge is 0.144 e. The Morgan fingerprint density at radius 1 is 1.53 bits per heavy atom. The lowest BCUT2D eigenvalue weighted by atomic mass is 10.1. The maximum atomic E-state index is 8.86. The van der Waals surface area contributed by atoms with Gasteiger partial charge in [-0.05, 0) is 39.1 Å². The van der Waals surface area contributed by atoms with Crippen molar-refractivity contribution in [2.45, 2.75) is 25.5 Å². The van der Waals surface area contributed by atoms with Gasteiger partial charge in [-0.1, -0.05) is 0 Å². The summed E-state index contributed by atoms with van der Waals surface area (Å²) < 4.78 is 5.94. The molecule has 1 aromatic carbocycles. The molecular weight excluding hydrogens is 214 g/mol. The van der Waals surface area contributed by atoms with Crippen LogP contribution in [0.3, 0.4) is 0 Å².